The Morgan fingerprint density at radius 3 is 2.46 bits per heavy atom. The lowest BCUT2D eigenvalue weighted by Crippen LogP contribution is -2.30. The maximum Gasteiger partial charge on any atom is 0.243 e. The van der Waals surface area contributed by atoms with Crippen molar-refractivity contribution in [2.45, 2.75) is 18.7 Å². The van der Waals surface area contributed by atoms with Crippen LogP contribution in [0, 0.1) is 0 Å². The van der Waals surface area contributed by atoms with E-state index in [1.54, 1.807) is 31.4 Å². The van der Waals surface area contributed by atoms with E-state index >= 15 is 0 Å². The number of thiazole rings is 1. The van der Waals surface area contributed by atoms with E-state index in [2.05, 4.69) is 10.3 Å². The fourth-order valence-electron chi connectivity index (χ4n) is 2.26. The van der Waals surface area contributed by atoms with Crippen LogP contribution >= 0.6 is 11.3 Å². The van der Waals surface area contributed by atoms with Crippen LogP contribution in [0.25, 0.3) is 11.3 Å². The fraction of sp³-hybridized carbons (Fsp3) is 0.438. The maximum absolute atomic E-state index is 12.5. The van der Waals surface area contributed by atoms with Crippen molar-refractivity contribution in [2.75, 3.05) is 38.7 Å². The SMILES string of the molecule is CCN(CC)S(=O)(=O)c1ccc(-c2csc(NCCOC)n2)cc1. The standard InChI is InChI=1S/C16H23N3O3S2/c1-4-19(5-2)24(20,21)14-8-6-13(7-9-14)15-12-23-16(18-15)17-10-11-22-3/h6-9,12H,4-5,10-11H2,1-3H3,(H,17,18). The van der Waals surface area contributed by atoms with Gasteiger partial charge in [-0.2, -0.15) is 4.31 Å². The van der Waals surface area contributed by atoms with Crippen molar-refractivity contribution in [1.29, 1.82) is 0 Å². The molecule has 132 valence electrons. The largest absolute Gasteiger partial charge is 0.383 e. The average Bonchev–Trinajstić information content (AvgIpc) is 3.05. The van der Waals surface area contributed by atoms with Gasteiger partial charge >= 0.3 is 0 Å². The molecular formula is C16H23N3O3S2. The van der Waals surface area contributed by atoms with Crippen molar-refractivity contribution >= 4 is 26.5 Å². The maximum atomic E-state index is 12.5. The van der Waals surface area contributed by atoms with E-state index in [4.69, 9.17) is 4.74 Å². The molecule has 0 bridgehead atoms. The van der Waals surface area contributed by atoms with Crippen LogP contribution in [0.15, 0.2) is 34.5 Å². The molecule has 0 fully saturated rings. The molecule has 0 atom stereocenters. The molecule has 8 heteroatoms. The Labute approximate surface area is 147 Å². The molecule has 1 N–H and O–H groups in total. The minimum atomic E-state index is -3.42. The van der Waals surface area contributed by atoms with Gasteiger partial charge < -0.3 is 10.1 Å². The van der Waals surface area contributed by atoms with Crippen LogP contribution in [-0.4, -0.2) is 51.1 Å². The number of benzene rings is 1. The molecule has 0 amide bonds. The number of rotatable bonds is 9. The van der Waals surface area contributed by atoms with Gasteiger partial charge in [0.25, 0.3) is 0 Å². The van der Waals surface area contributed by atoms with Crippen LogP contribution in [0.2, 0.25) is 0 Å². The summed E-state index contributed by atoms with van der Waals surface area (Å²) in [6.07, 6.45) is 0. The van der Waals surface area contributed by atoms with E-state index in [0.29, 0.717) is 31.1 Å². The minimum Gasteiger partial charge on any atom is -0.383 e. The number of sulfonamides is 1. The minimum absolute atomic E-state index is 0.309. The molecule has 0 aliphatic heterocycles. The van der Waals surface area contributed by atoms with E-state index in [1.807, 2.05) is 19.2 Å². The van der Waals surface area contributed by atoms with Gasteiger partial charge in [0.2, 0.25) is 10.0 Å². The molecule has 0 unspecified atom stereocenters. The van der Waals surface area contributed by atoms with Crippen molar-refractivity contribution in [2.24, 2.45) is 0 Å². The molecule has 0 aliphatic carbocycles. The number of ether oxygens (including phenoxy) is 1. The van der Waals surface area contributed by atoms with Crippen molar-refractivity contribution in [1.82, 2.24) is 9.29 Å². The highest BCUT2D eigenvalue weighted by Gasteiger charge is 2.21. The van der Waals surface area contributed by atoms with Crippen molar-refractivity contribution < 1.29 is 13.2 Å². The van der Waals surface area contributed by atoms with Gasteiger partial charge in [-0.05, 0) is 12.1 Å². The third-order valence-corrected chi connectivity index (χ3v) is 6.44. The second-order valence-corrected chi connectivity index (χ2v) is 7.87. The summed E-state index contributed by atoms with van der Waals surface area (Å²) >= 11 is 1.51. The Balaban J connectivity index is 2.15. The smallest absolute Gasteiger partial charge is 0.243 e. The van der Waals surface area contributed by atoms with E-state index in [1.165, 1.54) is 15.6 Å². The van der Waals surface area contributed by atoms with Crippen LogP contribution in [0.4, 0.5) is 5.13 Å². The summed E-state index contributed by atoms with van der Waals surface area (Å²) in [5.41, 5.74) is 1.72. The van der Waals surface area contributed by atoms with Gasteiger partial charge in [0.05, 0.1) is 17.2 Å². The third-order valence-electron chi connectivity index (χ3n) is 3.58. The van der Waals surface area contributed by atoms with Crippen LogP contribution in [0.1, 0.15) is 13.8 Å². The molecule has 1 heterocycles. The fourth-order valence-corrected chi connectivity index (χ4v) is 4.46. The molecule has 6 nitrogen and oxygen atoms in total. The molecular weight excluding hydrogens is 346 g/mol. The molecule has 0 saturated heterocycles. The monoisotopic (exact) mass is 369 g/mol. The van der Waals surface area contributed by atoms with Gasteiger partial charge in [0.15, 0.2) is 5.13 Å². The van der Waals surface area contributed by atoms with Crippen LogP contribution in [0.5, 0.6) is 0 Å². The molecule has 2 rings (SSSR count). The first-order chi connectivity index (χ1) is 11.5. The number of hydrogen-bond donors (Lipinski definition) is 1. The number of nitrogens with one attached hydrogen (secondary N) is 1. The Hall–Kier alpha value is -1.48. The first-order valence-corrected chi connectivity index (χ1v) is 10.1. The molecule has 0 radical (unpaired) electrons. The van der Waals surface area contributed by atoms with Gasteiger partial charge in [-0.3, -0.25) is 0 Å². The van der Waals surface area contributed by atoms with Crippen molar-refractivity contribution in [3.05, 3.63) is 29.6 Å². The van der Waals surface area contributed by atoms with Gasteiger partial charge in [-0.25, -0.2) is 13.4 Å². The zero-order chi connectivity index (χ0) is 17.6. The van der Waals surface area contributed by atoms with Gasteiger partial charge in [0.1, 0.15) is 0 Å². The second-order valence-electron chi connectivity index (χ2n) is 5.07. The molecule has 1 aromatic heterocycles. The van der Waals surface area contributed by atoms with E-state index < -0.39 is 10.0 Å². The van der Waals surface area contributed by atoms with Gasteiger partial charge in [-0.15, -0.1) is 11.3 Å². The Morgan fingerprint density at radius 1 is 1.21 bits per heavy atom. The number of methoxy groups -OCH3 is 1. The van der Waals surface area contributed by atoms with E-state index in [0.717, 1.165) is 16.4 Å². The van der Waals surface area contributed by atoms with Crippen molar-refractivity contribution in [3.63, 3.8) is 0 Å². The highest BCUT2D eigenvalue weighted by molar-refractivity contribution is 7.89. The lowest BCUT2D eigenvalue weighted by molar-refractivity contribution is 0.211. The molecule has 2 aromatic rings. The van der Waals surface area contributed by atoms with Crippen molar-refractivity contribution in [3.8, 4) is 11.3 Å². The van der Waals surface area contributed by atoms with Gasteiger partial charge in [0, 0.05) is 37.7 Å². The summed E-state index contributed by atoms with van der Waals surface area (Å²) in [7, 11) is -1.77. The number of hydrogen-bond acceptors (Lipinski definition) is 6. The Bertz CT molecular complexity index is 738. The average molecular weight is 370 g/mol. The topological polar surface area (TPSA) is 71.5 Å². The highest BCUT2D eigenvalue weighted by atomic mass is 32.2. The molecule has 0 spiro atoms. The summed E-state index contributed by atoms with van der Waals surface area (Å²) in [5, 5.41) is 5.95. The molecule has 0 saturated carbocycles. The lowest BCUT2D eigenvalue weighted by atomic mass is 10.2. The summed E-state index contributed by atoms with van der Waals surface area (Å²) < 4.78 is 31.4. The first kappa shape index (κ1) is 18.9. The number of nitrogens with zero attached hydrogens (tertiary/aromatic N) is 2. The predicted molar refractivity (Wildman–Crippen MR) is 98.0 cm³/mol. The Morgan fingerprint density at radius 2 is 1.88 bits per heavy atom. The zero-order valence-electron chi connectivity index (χ0n) is 14.2. The molecule has 1 aromatic carbocycles. The number of aromatic nitrogens is 1. The number of anilines is 1. The first-order valence-electron chi connectivity index (χ1n) is 7.81. The highest BCUT2D eigenvalue weighted by Crippen LogP contribution is 2.26. The third kappa shape index (κ3) is 4.32. The van der Waals surface area contributed by atoms with E-state index in [-0.39, 0.29) is 0 Å². The second kappa shape index (κ2) is 8.57. The zero-order valence-corrected chi connectivity index (χ0v) is 15.8. The van der Waals surface area contributed by atoms with Crippen LogP contribution in [0.3, 0.4) is 0 Å². The summed E-state index contributed by atoms with van der Waals surface area (Å²) in [6.45, 7) is 5.91. The molecule has 24 heavy (non-hydrogen) atoms. The Kier molecular flexibility index (Phi) is 6.73. The van der Waals surface area contributed by atoms with E-state index in [9.17, 15) is 8.42 Å². The van der Waals surface area contributed by atoms with Gasteiger partial charge in [-0.1, -0.05) is 26.0 Å². The lowest BCUT2D eigenvalue weighted by Gasteiger charge is -2.18. The predicted octanol–water partition coefficient (Wildman–Crippen LogP) is 2.90. The molecule has 0 aliphatic rings. The normalized spacial score (nSPS) is 11.8. The quantitative estimate of drug-likeness (QED) is 0.688. The van der Waals surface area contributed by atoms with Crippen LogP contribution < -0.4 is 5.32 Å². The summed E-state index contributed by atoms with van der Waals surface area (Å²) in [6, 6.07) is 6.87. The summed E-state index contributed by atoms with van der Waals surface area (Å²) in [4.78, 5) is 4.81. The van der Waals surface area contributed by atoms with Crippen LogP contribution in [-0.2, 0) is 14.8 Å². The summed E-state index contributed by atoms with van der Waals surface area (Å²) in [5.74, 6) is 0.